The maximum Gasteiger partial charge on any atom is 0.225 e. The summed E-state index contributed by atoms with van der Waals surface area (Å²) in [6.45, 7) is 3.38. The van der Waals surface area contributed by atoms with Crippen LogP contribution < -0.4 is 10.2 Å². The molecule has 3 rings (SSSR count). The third kappa shape index (κ3) is 5.16. The topological polar surface area (TPSA) is 76.4 Å². The number of nitriles is 1. The van der Waals surface area contributed by atoms with Crippen LogP contribution in [0, 0.1) is 17.1 Å². The van der Waals surface area contributed by atoms with E-state index in [1.807, 2.05) is 35.2 Å². The van der Waals surface area contributed by atoms with E-state index in [1.54, 1.807) is 17.0 Å². The zero-order valence-corrected chi connectivity index (χ0v) is 18.2. The molecule has 0 radical (unpaired) electrons. The van der Waals surface area contributed by atoms with Crippen LogP contribution in [0.3, 0.4) is 0 Å². The molecule has 1 fully saturated rings. The predicted molar refractivity (Wildman–Crippen MR) is 115 cm³/mol. The molecule has 6 nitrogen and oxygen atoms in total. The van der Waals surface area contributed by atoms with Crippen LogP contribution in [-0.2, 0) is 9.59 Å². The minimum atomic E-state index is -0.541. The smallest absolute Gasteiger partial charge is 0.225 e. The lowest BCUT2D eigenvalue weighted by Gasteiger charge is -2.37. The molecule has 1 aliphatic rings. The van der Waals surface area contributed by atoms with Crippen LogP contribution in [0.2, 0.25) is 0 Å². The number of hydrogen-bond acceptors (Lipinski definition) is 4. The average molecular weight is 473 g/mol. The fourth-order valence-corrected chi connectivity index (χ4v) is 3.84. The van der Waals surface area contributed by atoms with Crippen molar-refractivity contribution in [3.63, 3.8) is 0 Å². The molecule has 0 spiro atoms. The Morgan fingerprint density at radius 2 is 1.83 bits per heavy atom. The molecule has 1 N–H and O–H groups in total. The van der Waals surface area contributed by atoms with Gasteiger partial charge in [0, 0.05) is 37.6 Å². The van der Waals surface area contributed by atoms with Gasteiger partial charge in [-0.1, -0.05) is 34.1 Å². The Morgan fingerprint density at radius 3 is 2.43 bits per heavy atom. The molecule has 2 amide bonds. The molecular formula is C22H22BrFN4O2. The van der Waals surface area contributed by atoms with Gasteiger partial charge in [-0.05, 0) is 29.8 Å². The normalized spacial score (nSPS) is 14.7. The summed E-state index contributed by atoms with van der Waals surface area (Å²) >= 11 is 3.39. The highest BCUT2D eigenvalue weighted by atomic mass is 79.9. The van der Waals surface area contributed by atoms with E-state index in [1.165, 1.54) is 13.0 Å². The quantitative estimate of drug-likeness (QED) is 0.723. The van der Waals surface area contributed by atoms with Gasteiger partial charge in [0.05, 0.1) is 18.2 Å². The Hall–Kier alpha value is -2.92. The summed E-state index contributed by atoms with van der Waals surface area (Å²) < 4.78 is 14.8. The SMILES string of the molecule is CC(=O)NC(CC(=O)N1CCN(c2cccc(F)c2C#N)CC1)c1ccc(Br)cc1. The number of nitrogens with zero attached hydrogens (tertiary/aromatic N) is 3. The van der Waals surface area contributed by atoms with Gasteiger partial charge in [-0.25, -0.2) is 4.39 Å². The van der Waals surface area contributed by atoms with Crippen molar-refractivity contribution in [2.75, 3.05) is 31.1 Å². The van der Waals surface area contributed by atoms with Crippen LogP contribution in [0.1, 0.15) is 30.5 Å². The molecule has 8 heteroatoms. The third-order valence-electron chi connectivity index (χ3n) is 5.11. The van der Waals surface area contributed by atoms with E-state index in [4.69, 9.17) is 0 Å². The van der Waals surface area contributed by atoms with E-state index in [2.05, 4.69) is 21.2 Å². The number of anilines is 1. The van der Waals surface area contributed by atoms with E-state index < -0.39 is 11.9 Å². The van der Waals surface area contributed by atoms with Crippen molar-refractivity contribution in [2.24, 2.45) is 0 Å². The van der Waals surface area contributed by atoms with Crippen LogP contribution in [0.15, 0.2) is 46.9 Å². The molecule has 2 aromatic rings. The van der Waals surface area contributed by atoms with Crippen molar-refractivity contribution in [3.05, 3.63) is 63.9 Å². The van der Waals surface area contributed by atoms with Crippen molar-refractivity contribution in [2.45, 2.75) is 19.4 Å². The number of halogens is 2. The second-order valence-electron chi connectivity index (χ2n) is 7.12. The van der Waals surface area contributed by atoms with E-state index in [0.29, 0.717) is 31.9 Å². The third-order valence-corrected chi connectivity index (χ3v) is 5.63. The number of rotatable bonds is 5. The first-order chi connectivity index (χ1) is 14.4. The molecule has 1 heterocycles. The molecule has 0 aliphatic carbocycles. The molecule has 156 valence electrons. The predicted octanol–water partition coefficient (Wildman–Crippen LogP) is 3.38. The van der Waals surface area contributed by atoms with Crippen molar-refractivity contribution in [3.8, 4) is 6.07 Å². The summed E-state index contributed by atoms with van der Waals surface area (Å²) in [6, 6.07) is 13.6. The summed E-state index contributed by atoms with van der Waals surface area (Å²) in [6.07, 6.45) is 0.157. The molecular weight excluding hydrogens is 451 g/mol. The van der Waals surface area contributed by atoms with Gasteiger partial charge < -0.3 is 15.1 Å². The fourth-order valence-electron chi connectivity index (χ4n) is 3.58. The summed E-state index contributed by atoms with van der Waals surface area (Å²) in [4.78, 5) is 28.2. The van der Waals surface area contributed by atoms with Crippen molar-refractivity contribution in [1.82, 2.24) is 10.2 Å². The second kappa shape index (κ2) is 9.72. The molecule has 30 heavy (non-hydrogen) atoms. The maximum atomic E-state index is 13.9. The lowest BCUT2D eigenvalue weighted by atomic mass is 10.0. The monoisotopic (exact) mass is 472 g/mol. The van der Waals surface area contributed by atoms with Crippen LogP contribution in [0.5, 0.6) is 0 Å². The van der Waals surface area contributed by atoms with Crippen molar-refractivity contribution < 1.29 is 14.0 Å². The minimum Gasteiger partial charge on any atom is -0.367 e. The van der Waals surface area contributed by atoms with Gasteiger partial charge in [-0.15, -0.1) is 0 Å². The molecule has 0 saturated carbocycles. The first-order valence-electron chi connectivity index (χ1n) is 9.63. The van der Waals surface area contributed by atoms with Crippen LogP contribution in [-0.4, -0.2) is 42.9 Å². The second-order valence-corrected chi connectivity index (χ2v) is 8.04. The summed E-state index contributed by atoms with van der Waals surface area (Å²) in [5.41, 5.74) is 1.44. The van der Waals surface area contributed by atoms with Crippen molar-refractivity contribution >= 4 is 33.4 Å². The minimum absolute atomic E-state index is 0.0261. The van der Waals surface area contributed by atoms with Gasteiger partial charge >= 0.3 is 0 Å². The summed E-state index contributed by atoms with van der Waals surface area (Å²) in [5, 5.41) is 12.1. The number of piperazine rings is 1. The number of carbonyl (C=O) groups excluding carboxylic acids is 2. The summed E-state index contributed by atoms with van der Waals surface area (Å²) in [5.74, 6) is -0.798. The zero-order valence-electron chi connectivity index (χ0n) is 16.6. The molecule has 1 unspecified atom stereocenters. The van der Waals surface area contributed by atoms with Crippen LogP contribution in [0.4, 0.5) is 10.1 Å². The van der Waals surface area contributed by atoms with Crippen molar-refractivity contribution in [1.29, 1.82) is 5.26 Å². The highest BCUT2D eigenvalue weighted by molar-refractivity contribution is 9.10. The van der Waals surface area contributed by atoms with Gasteiger partial charge in [-0.3, -0.25) is 9.59 Å². The largest absolute Gasteiger partial charge is 0.367 e. The molecule has 1 aliphatic heterocycles. The van der Waals surface area contributed by atoms with Gasteiger partial charge in [0.25, 0.3) is 0 Å². The van der Waals surface area contributed by atoms with Crippen LogP contribution in [0.25, 0.3) is 0 Å². The lowest BCUT2D eigenvalue weighted by Crippen LogP contribution is -2.49. The number of amides is 2. The summed E-state index contributed by atoms with van der Waals surface area (Å²) in [7, 11) is 0. The van der Waals surface area contributed by atoms with E-state index >= 15 is 0 Å². The number of hydrogen-bond donors (Lipinski definition) is 1. The Balaban J connectivity index is 1.65. The lowest BCUT2D eigenvalue weighted by molar-refractivity contribution is -0.132. The van der Waals surface area contributed by atoms with Gasteiger partial charge in [0.15, 0.2) is 0 Å². The van der Waals surface area contributed by atoms with Gasteiger partial charge in [0.2, 0.25) is 11.8 Å². The molecule has 0 bridgehead atoms. The number of carbonyl (C=O) groups is 2. The average Bonchev–Trinajstić information content (AvgIpc) is 2.73. The zero-order chi connectivity index (χ0) is 21.7. The first-order valence-corrected chi connectivity index (χ1v) is 10.4. The van der Waals surface area contributed by atoms with Gasteiger partial charge in [-0.2, -0.15) is 5.26 Å². The van der Waals surface area contributed by atoms with E-state index in [-0.39, 0.29) is 23.8 Å². The molecule has 1 atom stereocenters. The Morgan fingerprint density at radius 1 is 1.17 bits per heavy atom. The van der Waals surface area contributed by atoms with Gasteiger partial charge in [0.1, 0.15) is 17.4 Å². The number of nitrogens with one attached hydrogen (secondary N) is 1. The van der Waals surface area contributed by atoms with E-state index in [0.717, 1.165) is 10.0 Å². The fraction of sp³-hybridized carbons (Fsp3) is 0.318. The van der Waals surface area contributed by atoms with Crippen LogP contribution >= 0.6 is 15.9 Å². The van der Waals surface area contributed by atoms with E-state index in [9.17, 15) is 19.2 Å². The molecule has 0 aromatic heterocycles. The Kier molecular flexibility index (Phi) is 7.06. The Labute approximate surface area is 183 Å². The first kappa shape index (κ1) is 21.8. The highest BCUT2D eigenvalue weighted by Gasteiger charge is 2.26. The number of benzene rings is 2. The Bertz CT molecular complexity index is 966. The molecule has 1 saturated heterocycles. The maximum absolute atomic E-state index is 13.9. The highest BCUT2D eigenvalue weighted by Crippen LogP contribution is 2.25. The standard InChI is InChI=1S/C22H22BrFN4O2/c1-15(29)26-20(16-5-7-17(23)8-6-16)13-22(30)28-11-9-27(10-12-28)21-4-2-3-19(24)18(21)14-25/h2-8,20H,9-13H2,1H3,(H,26,29). The molecule has 2 aromatic carbocycles.